The molecule has 1 aromatic heterocycles. The Bertz CT molecular complexity index is 623. The van der Waals surface area contributed by atoms with E-state index in [1.807, 2.05) is 0 Å². The lowest BCUT2D eigenvalue weighted by Crippen LogP contribution is -2.14. The number of rotatable bonds is 2. The molecule has 0 atom stereocenters. The summed E-state index contributed by atoms with van der Waals surface area (Å²) >= 11 is 5.92. The summed E-state index contributed by atoms with van der Waals surface area (Å²) in [6.45, 7) is 3.44. The minimum Gasteiger partial charge on any atom is -0.319 e. The van der Waals surface area contributed by atoms with Gasteiger partial charge in [0.05, 0.1) is 5.69 Å². The number of carbonyl (C=O) groups is 1. The van der Waals surface area contributed by atoms with Crippen LogP contribution in [0.2, 0.25) is 5.15 Å². The Hall–Kier alpha value is -1.94. The molecule has 0 saturated heterocycles. The van der Waals surface area contributed by atoms with Crippen molar-refractivity contribution in [1.82, 2.24) is 4.98 Å². The van der Waals surface area contributed by atoms with Crippen LogP contribution in [0.4, 0.5) is 10.1 Å². The van der Waals surface area contributed by atoms with Crippen LogP contribution in [0.3, 0.4) is 0 Å². The second-order valence-electron chi connectivity index (χ2n) is 4.21. The summed E-state index contributed by atoms with van der Waals surface area (Å²) < 4.78 is 13.4. The molecule has 5 heteroatoms. The molecule has 2 rings (SSSR count). The topological polar surface area (TPSA) is 42.0 Å². The first-order valence-corrected chi connectivity index (χ1v) is 6.05. The Kier molecular flexibility index (Phi) is 3.81. The van der Waals surface area contributed by atoms with Gasteiger partial charge in [-0.25, -0.2) is 9.37 Å². The molecule has 0 aliphatic heterocycles. The number of anilines is 1. The molecule has 1 heterocycles. The molecule has 1 aromatic carbocycles. The van der Waals surface area contributed by atoms with Crippen LogP contribution in [0.1, 0.15) is 21.5 Å². The summed E-state index contributed by atoms with van der Waals surface area (Å²) in [7, 11) is 0. The summed E-state index contributed by atoms with van der Waals surface area (Å²) in [5.74, 6) is -0.835. The Morgan fingerprint density at radius 2 is 2.00 bits per heavy atom. The molecule has 3 nitrogen and oxygen atoms in total. The predicted molar refractivity (Wildman–Crippen MR) is 73.1 cm³/mol. The van der Waals surface area contributed by atoms with Crippen LogP contribution in [-0.2, 0) is 0 Å². The largest absolute Gasteiger partial charge is 0.319 e. The summed E-state index contributed by atoms with van der Waals surface area (Å²) in [4.78, 5) is 15.9. The van der Waals surface area contributed by atoms with Crippen molar-refractivity contribution >= 4 is 23.2 Å². The normalized spacial score (nSPS) is 10.3. The fourth-order valence-corrected chi connectivity index (χ4v) is 1.85. The summed E-state index contributed by atoms with van der Waals surface area (Å²) in [5, 5.41) is 2.85. The van der Waals surface area contributed by atoms with Crippen LogP contribution in [0.15, 0.2) is 30.5 Å². The minimum absolute atomic E-state index is 0.209. The van der Waals surface area contributed by atoms with Gasteiger partial charge in [-0.1, -0.05) is 17.7 Å². The second kappa shape index (κ2) is 5.36. The maximum atomic E-state index is 13.4. The molecule has 0 unspecified atom stereocenters. The Morgan fingerprint density at radius 1 is 1.26 bits per heavy atom. The third kappa shape index (κ3) is 2.90. The third-order valence-electron chi connectivity index (χ3n) is 2.79. The Morgan fingerprint density at radius 3 is 2.63 bits per heavy atom. The van der Waals surface area contributed by atoms with E-state index in [0.29, 0.717) is 11.3 Å². The van der Waals surface area contributed by atoms with E-state index in [0.717, 1.165) is 5.56 Å². The molecule has 0 aliphatic carbocycles. The van der Waals surface area contributed by atoms with Gasteiger partial charge in [-0.2, -0.15) is 0 Å². The predicted octanol–water partition coefficient (Wildman–Crippen LogP) is 3.74. The lowest BCUT2D eigenvalue weighted by atomic mass is 10.1. The number of carbonyl (C=O) groups excluding carboxylic acids is 1. The monoisotopic (exact) mass is 278 g/mol. The van der Waals surface area contributed by atoms with Crippen molar-refractivity contribution < 1.29 is 9.18 Å². The number of pyridine rings is 1. The molecule has 0 fully saturated rings. The minimum atomic E-state index is -0.420. The van der Waals surface area contributed by atoms with Crippen molar-refractivity contribution in [2.75, 3.05) is 5.32 Å². The first-order valence-electron chi connectivity index (χ1n) is 5.67. The van der Waals surface area contributed by atoms with Gasteiger partial charge in [0.15, 0.2) is 5.15 Å². The molecular weight excluding hydrogens is 267 g/mol. The van der Waals surface area contributed by atoms with Gasteiger partial charge in [0.25, 0.3) is 5.91 Å². The summed E-state index contributed by atoms with van der Waals surface area (Å²) in [5.41, 5.74) is 1.96. The molecule has 0 saturated carbocycles. The van der Waals surface area contributed by atoms with E-state index >= 15 is 0 Å². The van der Waals surface area contributed by atoms with Gasteiger partial charge in [0.1, 0.15) is 5.82 Å². The van der Waals surface area contributed by atoms with Crippen LogP contribution >= 0.6 is 11.6 Å². The number of aryl methyl sites for hydroxylation is 2. The molecule has 1 amide bonds. The zero-order chi connectivity index (χ0) is 14.0. The van der Waals surface area contributed by atoms with E-state index in [-0.39, 0.29) is 10.7 Å². The van der Waals surface area contributed by atoms with Crippen molar-refractivity contribution in [3.8, 4) is 0 Å². The maximum absolute atomic E-state index is 13.4. The molecule has 0 radical (unpaired) electrons. The Balaban J connectivity index is 2.28. The van der Waals surface area contributed by atoms with E-state index < -0.39 is 11.7 Å². The smallest absolute Gasteiger partial charge is 0.255 e. The lowest BCUT2D eigenvalue weighted by Gasteiger charge is -2.09. The molecule has 0 aliphatic rings. The highest BCUT2D eigenvalue weighted by molar-refractivity contribution is 6.32. The molecule has 98 valence electrons. The van der Waals surface area contributed by atoms with Crippen molar-refractivity contribution in [3.05, 3.63) is 58.1 Å². The first-order chi connectivity index (χ1) is 8.99. The van der Waals surface area contributed by atoms with Crippen LogP contribution in [-0.4, -0.2) is 10.9 Å². The SMILES string of the molecule is Cc1ccc(C(=O)Nc2c(C)ccnc2Cl)cc1F. The van der Waals surface area contributed by atoms with E-state index in [1.54, 1.807) is 38.2 Å². The molecule has 19 heavy (non-hydrogen) atoms. The molecule has 2 aromatic rings. The summed E-state index contributed by atoms with van der Waals surface area (Å²) in [6, 6.07) is 6.05. The maximum Gasteiger partial charge on any atom is 0.255 e. The van der Waals surface area contributed by atoms with Gasteiger partial charge < -0.3 is 5.32 Å². The van der Waals surface area contributed by atoms with E-state index in [2.05, 4.69) is 10.3 Å². The van der Waals surface area contributed by atoms with Gasteiger partial charge in [0.2, 0.25) is 0 Å². The van der Waals surface area contributed by atoms with Crippen LogP contribution in [0.5, 0.6) is 0 Å². The zero-order valence-corrected chi connectivity index (χ0v) is 11.3. The number of nitrogens with zero attached hydrogens (tertiary/aromatic N) is 1. The van der Waals surface area contributed by atoms with Crippen LogP contribution in [0.25, 0.3) is 0 Å². The highest BCUT2D eigenvalue weighted by Crippen LogP contribution is 2.23. The fraction of sp³-hybridized carbons (Fsp3) is 0.143. The lowest BCUT2D eigenvalue weighted by molar-refractivity contribution is 0.102. The standard InChI is InChI=1S/C14H12ClFN2O/c1-8-3-4-10(7-11(8)16)14(19)18-12-9(2)5-6-17-13(12)15/h3-7H,1-2H3,(H,18,19). The first kappa shape index (κ1) is 13.5. The van der Waals surface area contributed by atoms with Gasteiger partial charge in [-0.05, 0) is 43.2 Å². The third-order valence-corrected chi connectivity index (χ3v) is 3.07. The van der Waals surface area contributed by atoms with E-state index in [1.165, 1.54) is 6.07 Å². The average Bonchev–Trinajstić information content (AvgIpc) is 2.37. The quantitative estimate of drug-likeness (QED) is 0.850. The zero-order valence-electron chi connectivity index (χ0n) is 10.5. The van der Waals surface area contributed by atoms with Crippen molar-refractivity contribution in [3.63, 3.8) is 0 Å². The number of amides is 1. The van der Waals surface area contributed by atoms with Crippen LogP contribution in [0, 0.1) is 19.7 Å². The van der Waals surface area contributed by atoms with E-state index in [4.69, 9.17) is 11.6 Å². The molecule has 0 spiro atoms. The fourth-order valence-electron chi connectivity index (χ4n) is 1.60. The number of nitrogens with one attached hydrogen (secondary N) is 1. The van der Waals surface area contributed by atoms with Crippen molar-refractivity contribution in [1.29, 1.82) is 0 Å². The van der Waals surface area contributed by atoms with Crippen molar-refractivity contribution in [2.45, 2.75) is 13.8 Å². The molecular formula is C14H12ClFN2O. The second-order valence-corrected chi connectivity index (χ2v) is 4.57. The highest BCUT2D eigenvalue weighted by Gasteiger charge is 2.12. The number of benzene rings is 1. The van der Waals surface area contributed by atoms with Gasteiger partial charge in [-0.15, -0.1) is 0 Å². The number of aromatic nitrogens is 1. The number of hydrogen-bond acceptors (Lipinski definition) is 2. The Labute approximate surface area is 115 Å². The highest BCUT2D eigenvalue weighted by atomic mass is 35.5. The molecule has 1 N–H and O–H groups in total. The summed E-state index contributed by atoms with van der Waals surface area (Å²) in [6.07, 6.45) is 1.55. The van der Waals surface area contributed by atoms with E-state index in [9.17, 15) is 9.18 Å². The molecule has 0 bridgehead atoms. The van der Waals surface area contributed by atoms with Gasteiger partial charge in [-0.3, -0.25) is 4.79 Å². The van der Waals surface area contributed by atoms with Gasteiger partial charge in [0, 0.05) is 11.8 Å². The average molecular weight is 279 g/mol. The number of halogens is 2. The van der Waals surface area contributed by atoms with Crippen molar-refractivity contribution in [2.24, 2.45) is 0 Å². The number of hydrogen-bond donors (Lipinski definition) is 1. The van der Waals surface area contributed by atoms with Crippen LogP contribution < -0.4 is 5.32 Å². The van der Waals surface area contributed by atoms with Gasteiger partial charge >= 0.3 is 0 Å².